The maximum absolute atomic E-state index is 13.5. The lowest BCUT2D eigenvalue weighted by atomic mass is 9.96. The van der Waals surface area contributed by atoms with E-state index in [2.05, 4.69) is 31.5 Å². The highest BCUT2D eigenvalue weighted by Crippen LogP contribution is 2.34. The standard InChI is InChI=1S/C27H29FN6O4/c1-36-13-12-34-26(30-31-32-34)25(33-10-8-18(9-11-33)17-4-6-20(28)7-5-17)21-14-19-15-23(37-2)24(38-3)16-22(19)29-27(21)35/h4-8,14-16,25H,9-13H2,1-3H3,(H,29,35)/t25-/m0/s1. The SMILES string of the molecule is COCCn1nnnc1[C@H](c1cc2cc(OC)c(OC)cc2[nH]c1=O)N1CC=C(c2ccc(F)cc2)CC1. The molecular formula is C27H29FN6O4. The van der Waals surface area contributed by atoms with Gasteiger partial charge in [-0.15, -0.1) is 5.10 Å². The summed E-state index contributed by atoms with van der Waals surface area (Å²) < 4.78 is 31.2. The van der Waals surface area contributed by atoms with Gasteiger partial charge in [0.1, 0.15) is 11.9 Å². The second-order valence-electron chi connectivity index (χ2n) is 8.98. The molecule has 2 aromatic carbocycles. The number of benzene rings is 2. The van der Waals surface area contributed by atoms with Crippen molar-refractivity contribution < 1.29 is 18.6 Å². The fraction of sp³-hybridized carbons (Fsp3) is 0.333. The number of nitrogens with zero attached hydrogens (tertiary/aromatic N) is 5. The molecule has 1 aliphatic rings. The Balaban J connectivity index is 1.58. The van der Waals surface area contributed by atoms with Crippen molar-refractivity contribution in [1.29, 1.82) is 0 Å². The summed E-state index contributed by atoms with van der Waals surface area (Å²) in [5, 5.41) is 13.2. The van der Waals surface area contributed by atoms with Gasteiger partial charge >= 0.3 is 0 Å². The van der Waals surface area contributed by atoms with Crippen molar-refractivity contribution in [3.63, 3.8) is 0 Å². The molecule has 4 aromatic rings. The van der Waals surface area contributed by atoms with Crippen molar-refractivity contribution in [3.8, 4) is 11.5 Å². The number of tetrazole rings is 1. The van der Waals surface area contributed by atoms with E-state index in [0.717, 1.165) is 22.9 Å². The summed E-state index contributed by atoms with van der Waals surface area (Å²) in [5.41, 5.74) is 3.01. The minimum atomic E-state index is -0.519. The number of hydrogen-bond acceptors (Lipinski definition) is 8. The molecule has 3 heterocycles. The first-order chi connectivity index (χ1) is 18.5. The molecule has 2 aromatic heterocycles. The number of hydrogen-bond donors (Lipinski definition) is 1. The van der Waals surface area contributed by atoms with Crippen LogP contribution >= 0.6 is 0 Å². The summed E-state index contributed by atoms with van der Waals surface area (Å²) in [6.45, 7) is 2.06. The Morgan fingerprint density at radius 2 is 1.84 bits per heavy atom. The van der Waals surface area contributed by atoms with E-state index in [1.807, 2.05) is 12.1 Å². The molecule has 1 atom stereocenters. The number of aromatic nitrogens is 5. The number of halogens is 1. The number of methoxy groups -OCH3 is 3. The van der Waals surface area contributed by atoms with Crippen molar-refractivity contribution in [3.05, 3.63) is 81.7 Å². The Bertz CT molecular complexity index is 1510. The normalized spacial score (nSPS) is 14.9. The summed E-state index contributed by atoms with van der Waals surface area (Å²) in [4.78, 5) is 18.7. The maximum atomic E-state index is 13.5. The van der Waals surface area contributed by atoms with E-state index in [-0.39, 0.29) is 11.4 Å². The summed E-state index contributed by atoms with van der Waals surface area (Å²) >= 11 is 0. The van der Waals surface area contributed by atoms with Gasteiger partial charge in [0.2, 0.25) is 0 Å². The van der Waals surface area contributed by atoms with Crippen LogP contribution in [0.25, 0.3) is 16.5 Å². The van der Waals surface area contributed by atoms with Crippen LogP contribution in [0, 0.1) is 5.82 Å². The quantitative estimate of drug-likeness (QED) is 0.359. The van der Waals surface area contributed by atoms with Crippen LogP contribution in [0.3, 0.4) is 0 Å². The first kappa shape index (κ1) is 25.6. The summed E-state index contributed by atoms with van der Waals surface area (Å²) in [5.74, 6) is 1.37. The molecule has 11 heteroatoms. The van der Waals surface area contributed by atoms with E-state index >= 15 is 0 Å². The van der Waals surface area contributed by atoms with Gasteiger partial charge in [0, 0.05) is 37.2 Å². The van der Waals surface area contributed by atoms with Crippen LogP contribution in [0.5, 0.6) is 11.5 Å². The third kappa shape index (κ3) is 5.02. The number of H-pyrrole nitrogens is 1. The van der Waals surface area contributed by atoms with E-state index in [0.29, 0.717) is 54.6 Å². The van der Waals surface area contributed by atoms with Gasteiger partial charge in [-0.25, -0.2) is 9.07 Å². The highest BCUT2D eigenvalue weighted by molar-refractivity contribution is 5.83. The van der Waals surface area contributed by atoms with Gasteiger partial charge in [-0.3, -0.25) is 9.69 Å². The number of nitrogens with one attached hydrogen (secondary N) is 1. The Labute approximate surface area is 218 Å². The molecule has 0 amide bonds. The van der Waals surface area contributed by atoms with Crippen LogP contribution in [-0.2, 0) is 11.3 Å². The Morgan fingerprint density at radius 3 is 2.53 bits per heavy atom. The van der Waals surface area contributed by atoms with Crippen molar-refractivity contribution >= 4 is 16.5 Å². The molecule has 0 unspecified atom stereocenters. The van der Waals surface area contributed by atoms with E-state index in [4.69, 9.17) is 14.2 Å². The van der Waals surface area contributed by atoms with Crippen LogP contribution in [0.15, 0.2) is 53.3 Å². The second kappa shape index (κ2) is 11.1. The van der Waals surface area contributed by atoms with Crippen LogP contribution in [0.2, 0.25) is 0 Å². The number of aromatic amines is 1. The lowest BCUT2D eigenvalue weighted by molar-refractivity contribution is 0.176. The molecule has 0 radical (unpaired) electrons. The van der Waals surface area contributed by atoms with Crippen molar-refractivity contribution in [2.75, 3.05) is 41.0 Å². The van der Waals surface area contributed by atoms with Crippen molar-refractivity contribution in [2.24, 2.45) is 0 Å². The minimum absolute atomic E-state index is 0.246. The molecule has 1 N–H and O–H groups in total. The van der Waals surface area contributed by atoms with Gasteiger partial charge in [0.05, 0.1) is 32.9 Å². The fourth-order valence-electron chi connectivity index (χ4n) is 4.84. The van der Waals surface area contributed by atoms with Crippen LogP contribution in [0.4, 0.5) is 4.39 Å². The average Bonchev–Trinajstić information content (AvgIpc) is 3.40. The second-order valence-corrected chi connectivity index (χ2v) is 8.98. The molecule has 5 rings (SSSR count). The predicted molar refractivity (Wildman–Crippen MR) is 140 cm³/mol. The molecule has 0 saturated heterocycles. The van der Waals surface area contributed by atoms with E-state index in [9.17, 15) is 9.18 Å². The third-order valence-corrected chi connectivity index (χ3v) is 6.80. The molecule has 0 bridgehead atoms. The number of ether oxygens (including phenoxy) is 3. The highest BCUT2D eigenvalue weighted by atomic mass is 19.1. The molecule has 1 aliphatic heterocycles. The maximum Gasteiger partial charge on any atom is 0.253 e. The van der Waals surface area contributed by atoms with Crippen LogP contribution in [-0.4, -0.2) is 71.1 Å². The Morgan fingerprint density at radius 1 is 1.08 bits per heavy atom. The molecular weight excluding hydrogens is 491 g/mol. The van der Waals surface area contributed by atoms with Gasteiger partial charge in [0.15, 0.2) is 17.3 Å². The Kier molecular flexibility index (Phi) is 7.47. The molecule has 0 fully saturated rings. The largest absolute Gasteiger partial charge is 0.493 e. The number of rotatable bonds is 9. The van der Waals surface area contributed by atoms with Crippen molar-refractivity contribution in [2.45, 2.75) is 19.0 Å². The fourth-order valence-corrected chi connectivity index (χ4v) is 4.84. The predicted octanol–water partition coefficient (Wildman–Crippen LogP) is 3.20. The summed E-state index contributed by atoms with van der Waals surface area (Å²) in [7, 11) is 4.74. The van der Waals surface area contributed by atoms with Gasteiger partial charge in [-0.2, -0.15) is 0 Å². The minimum Gasteiger partial charge on any atom is -0.493 e. The summed E-state index contributed by atoms with van der Waals surface area (Å²) in [6, 6.07) is 11.4. The third-order valence-electron chi connectivity index (χ3n) is 6.80. The first-order valence-corrected chi connectivity index (χ1v) is 12.3. The summed E-state index contributed by atoms with van der Waals surface area (Å²) in [6.07, 6.45) is 2.83. The van der Waals surface area contributed by atoms with Crippen molar-refractivity contribution in [1.82, 2.24) is 30.1 Å². The number of pyridine rings is 1. The van der Waals surface area contributed by atoms with Crippen LogP contribution in [0.1, 0.15) is 29.4 Å². The Hall–Kier alpha value is -4.09. The van der Waals surface area contributed by atoms with Gasteiger partial charge in [-0.1, -0.05) is 18.2 Å². The van der Waals surface area contributed by atoms with E-state index in [1.165, 1.54) is 12.1 Å². The zero-order valence-corrected chi connectivity index (χ0v) is 21.5. The highest BCUT2D eigenvalue weighted by Gasteiger charge is 2.31. The molecule has 198 valence electrons. The monoisotopic (exact) mass is 520 g/mol. The van der Waals surface area contributed by atoms with E-state index in [1.54, 1.807) is 44.2 Å². The first-order valence-electron chi connectivity index (χ1n) is 12.3. The number of fused-ring (bicyclic) bond motifs is 1. The molecule has 10 nitrogen and oxygen atoms in total. The van der Waals surface area contributed by atoms with E-state index < -0.39 is 6.04 Å². The molecule has 0 spiro atoms. The van der Waals surface area contributed by atoms with Gasteiger partial charge in [-0.05, 0) is 52.2 Å². The zero-order valence-electron chi connectivity index (χ0n) is 21.5. The zero-order chi connectivity index (χ0) is 26.6. The smallest absolute Gasteiger partial charge is 0.253 e. The lowest BCUT2D eigenvalue weighted by Gasteiger charge is -2.33. The van der Waals surface area contributed by atoms with Gasteiger partial charge in [0.25, 0.3) is 5.56 Å². The molecule has 38 heavy (non-hydrogen) atoms. The molecule has 0 saturated carbocycles. The molecule has 0 aliphatic carbocycles. The topological polar surface area (TPSA) is 107 Å². The lowest BCUT2D eigenvalue weighted by Crippen LogP contribution is -2.38. The van der Waals surface area contributed by atoms with Crippen LogP contribution < -0.4 is 15.0 Å². The average molecular weight is 521 g/mol. The van der Waals surface area contributed by atoms with Gasteiger partial charge < -0.3 is 19.2 Å².